The van der Waals surface area contributed by atoms with Crippen molar-refractivity contribution < 1.29 is 14.6 Å². The topological polar surface area (TPSA) is 46.5 Å². The SMILES string of the molecule is CCCCCCCCCCCCOC(=O)CCSCC(C)O. The van der Waals surface area contributed by atoms with Gasteiger partial charge in [-0.15, -0.1) is 0 Å². The summed E-state index contributed by atoms with van der Waals surface area (Å²) in [5.74, 6) is 1.32. The van der Waals surface area contributed by atoms with E-state index in [0.717, 1.165) is 12.2 Å². The van der Waals surface area contributed by atoms with Crippen LogP contribution >= 0.6 is 11.8 Å². The summed E-state index contributed by atoms with van der Waals surface area (Å²) >= 11 is 1.60. The third-order valence-corrected chi connectivity index (χ3v) is 4.78. The van der Waals surface area contributed by atoms with Crippen LogP contribution in [0.3, 0.4) is 0 Å². The number of rotatable bonds is 16. The molecule has 22 heavy (non-hydrogen) atoms. The fourth-order valence-electron chi connectivity index (χ4n) is 2.26. The second-order valence-electron chi connectivity index (χ2n) is 6.08. The van der Waals surface area contributed by atoms with Crippen LogP contribution in [0.25, 0.3) is 0 Å². The Labute approximate surface area is 141 Å². The van der Waals surface area contributed by atoms with Gasteiger partial charge in [0.1, 0.15) is 0 Å². The van der Waals surface area contributed by atoms with Crippen LogP contribution in [0.2, 0.25) is 0 Å². The molecule has 4 heteroatoms. The molecule has 0 aliphatic carbocycles. The summed E-state index contributed by atoms with van der Waals surface area (Å²) in [6.07, 6.45) is 13.1. The number of carbonyl (C=O) groups is 1. The molecular formula is C18H36O3S. The Bertz CT molecular complexity index is 244. The minimum absolute atomic E-state index is 0.103. The molecule has 0 aromatic heterocycles. The van der Waals surface area contributed by atoms with Crippen molar-refractivity contribution in [3.63, 3.8) is 0 Å². The molecule has 0 rings (SSSR count). The first-order chi connectivity index (χ1) is 10.7. The van der Waals surface area contributed by atoms with E-state index in [1.807, 2.05) is 0 Å². The Balaban J connectivity index is 3.14. The van der Waals surface area contributed by atoms with E-state index in [0.29, 0.717) is 18.8 Å². The minimum Gasteiger partial charge on any atom is -0.466 e. The number of esters is 1. The van der Waals surface area contributed by atoms with Gasteiger partial charge < -0.3 is 9.84 Å². The monoisotopic (exact) mass is 332 g/mol. The second kappa shape index (κ2) is 17.1. The molecule has 132 valence electrons. The van der Waals surface area contributed by atoms with Gasteiger partial charge in [-0.1, -0.05) is 64.7 Å². The number of thioether (sulfide) groups is 1. The molecule has 0 saturated carbocycles. The smallest absolute Gasteiger partial charge is 0.306 e. The van der Waals surface area contributed by atoms with Crippen molar-refractivity contribution in [1.82, 2.24) is 0 Å². The van der Waals surface area contributed by atoms with Crippen LogP contribution in [0, 0.1) is 0 Å². The molecule has 0 heterocycles. The first-order valence-electron chi connectivity index (χ1n) is 9.08. The molecule has 0 aromatic rings. The molecule has 0 aliphatic rings. The zero-order chi connectivity index (χ0) is 16.5. The van der Waals surface area contributed by atoms with Gasteiger partial charge in [0, 0.05) is 11.5 Å². The molecular weight excluding hydrogens is 296 g/mol. The van der Waals surface area contributed by atoms with Gasteiger partial charge in [-0.25, -0.2) is 0 Å². The van der Waals surface area contributed by atoms with Crippen LogP contribution in [0.4, 0.5) is 0 Å². The Morgan fingerprint density at radius 1 is 1.00 bits per heavy atom. The van der Waals surface area contributed by atoms with Crippen molar-refractivity contribution in [3.8, 4) is 0 Å². The molecule has 0 amide bonds. The Kier molecular flexibility index (Phi) is 17.0. The third kappa shape index (κ3) is 17.8. The highest BCUT2D eigenvalue weighted by molar-refractivity contribution is 7.99. The molecule has 3 nitrogen and oxygen atoms in total. The molecule has 1 unspecified atom stereocenters. The average Bonchev–Trinajstić information content (AvgIpc) is 2.49. The number of hydrogen-bond acceptors (Lipinski definition) is 4. The highest BCUT2D eigenvalue weighted by Gasteiger charge is 2.03. The lowest BCUT2D eigenvalue weighted by Crippen LogP contribution is -2.08. The molecule has 0 saturated heterocycles. The van der Waals surface area contributed by atoms with Gasteiger partial charge in [0.2, 0.25) is 0 Å². The van der Waals surface area contributed by atoms with Crippen LogP contribution in [-0.4, -0.2) is 35.3 Å². The molecule has 0 aliphatic heterocycles. The molecule has 0 fully saturated rings. The fourth-order valence-corrected chi connectivity index (χ4v) is 3.08. The number of aliphatic hydroxyl groups is 1. The maximum Gasteiger partial charge on any atom is 0.306 e. The molecule has 1 N–H and O–H groups in total. The quantitative estimate of drug-likeness (QED) is 0.321. The van der Waals surface area contributed by atoms with Crippen LogP contribution in [0.1, 0.15) is 84.5 Å². The maximum atomic E-state index is 11.5. The molecule has 0 bridgehead atoms. The lowest BCUT2D eigenvalue weighted by atomic mass is 10.1. The molecule has 0 radical (unpaired) electrons. The van der Waals surface area contributed by atoms with Crippen molar-refractivity contribution >= 4 is 17.7 Å². The van der Waals surface area contributed by atoms with Gasteiger partial charge in [-0.3, -0.25) is 4.79 Å². The van der Waals surface area contributed by atoms with Gasteiger partial charge >= 0.3 is 5.97 Å². The number of carbonyl (C=O) groups excluding carboxylic acids is 1. The Hall–Kier alpha value is -0.220. The first kappa shape index (κ1) is 21.8. The highest BCUT2D eigenvalue weighted by Crippen LogP contribution is 2.11. The van der Waals surface area contributed by atoms with Crippen molar-refractivity contribution in [2.45, 2.75) is 90.6 Å². The number of hydrogen-bond donors (Lipinski definition) is 1. The van der Waals surface area contributed by atoms with Gasteiger partial charge in [-0.05, 0) is 13.3 Å². The predicted octanol–water partition coefficient (Wildman–Crippen LogP) is 4.95. The van der Waals surface area contributed by atoms with E-state index in [1.54, 1.807) is 18.7 Å². The second-order valence-corrected chi connectivity index (χ2v) is 7.23. The summed E-state index contributed by atoms with van der Waals surface area (Å²) in [7, 11) is 0. The van der Waals surface area contributed by atoms with E-state index in [9.17, 15) is 4.79 Å². The summed E-state index contributed by atoms with van der Waals surface area (Å²) in [4.78, 5) is 11.5. The van der Waals surface area contributed by atoms with Crippen molar-refractivity contribution in [2.24, 2.45) is 0 Å². The zero-order valence-electron chi connectivity index (χ0n) is 14.6. The predicted molar refractivity (Wildman–Crippen MR) is 96.4 cm³/mol. The molecule has 1 atom stereocenters. The Morgan fingerprint density at radius 2 is 1.55 bits per heavy atom. The van der Waals surface area contributed by atoms with Crippen LogP contribution in [0.5, 0.6) is 0 Å². The molecule has 0 aromatic carbocycles. The summed E-state index contributed by atoms with van der Waals surface area (Å²) in [6.45, 7) is 4.58. The van der Waals surface area contributed by atoms with E-state index in [-0.39, 0.29) is 12.1 Å². The van der Waals surface area contributed by atoms with Crippen molar-refractivity contribution in [1.29, 1.82) is 0 Å². The third-order valence-electron chi connectivity index (χ3n) is 3.57. The lowest BCUT2D eigenvalue weighted by Gasteiger charge is -2.06. The summed E-state index contributed by atoms with van der Waals surface area (Å²) < 4.78 is 5.21. The highest BCUT2D eigenvalue weighted by atomic mass is 32.2. The van der Waals surface area contributed by atoms with E-state index >= 15 is 0 Å². The van der Waals surface area contributed by atoms with E-state index in [4.69, 9.17) is 9.84 Å². The van der Waals surface area contributed by atoms with Crippen molar-refractivity contribution in [2.75, 3.05) is 18.1 Å². The largest absolute Gasteiger partial charge is 0.466 e. The van der Waals surface area contributed by atoms with E-state index < -0.39 is 0 Å². The number of unbranched alkanes of at least 4 members (excludes halogenated alkanes) is 9. The van der Waals surface area contributed by atoms with Crippen LogP contribution < -0.4 is 0 Å². The van der Waals surface area contributed by atoms with Gasteiger partial charge in [0.25, 0.3) is 0 Å². The van der Waals surface area contributed by atoms with Gasteiger partial charge in [0.05, 0.1) is 19.1 Å². The number of aliphatic hydroxyl groups excluding tert-OH is 1. The minimum atomic E-state index is -0.298. The van der Waals surface area contributed by atoms with Gasteiger partial charge in [0.15, 0.2) is 0 Å². The summed E-state index contributed by atoms with van der Waals surface area (Å²) in [5.41, 5.74) is 0. The fraction of sp³-hybridized carbons (Fsp3) is 0.944. The summed E-state index contributed by atoms with van der Waals surface area (Å²) in [6, 6.07) is 0. The van der Waals surface area contributed by atoms with Gasteiger partial charge in [-0.2, -0.15) is 11.8 Å². The zero-order valence-corrected chi connectivity index (χ0v) is 15.5. The van der Waals surface area contributed by atoms with E-state index in [1.165, 1.54) is 57.8 Å². The Morgan fingerprint density at radius 3 is 2.09 bits per heavy atom. The normalized spacial score (nSPS) is 12.3. The van der Waals surface area contributed by atoms with Crippen molar-refractivity contribution in [3.05, 3.63) is 0 Å². The number of ether oxygens (including phenoxy) is 1. The van der Waals surface area contributed by atoms with Crippen LogP contribution in [0.15, 0.2) is 0 Å². The average molecular weight is 333 g/mol. The lowest BCUT2D eigenvalue weighted by molar-refractivity contribution is -0.143. The first-order valence-corrected chi connectivity index (χ1v) is 10.2. The summed E-state index contributed by atoms with van der Waals surface area (Å²) in [5, 5.41) is 9.10. The van der Waals surface area contributed by atoms with Crippen LogP contribution in [-0.2, 0) is 9.53 Å². The van der Waals surface area contributed by atoms with E-state index in [2.05, 4.69) is 6.92 Å². The maximum absolute atomic E-state index is 11.5. The standard InChI is InChI=1S/C18H36O3S/c1-3-4-5-6-7-8-9-10-11-12-14-21-18(20)13-15-22-16-17(2)19/h17,19H,3-16H2,1-2H3. The molecule has 0 spiro atoms.